The average molecular weight is 315 g/mol. The van der Waals surface area contributed by atoms with Crippen LogP contribution in [0.4, 0.5) is 4.79 Å². The van der Waals surface area contributed by atoms with E-state index in [0.29, 0.717) is 0 Å². The number of carbonyl (C=O) groups is 1. The highest BCUT2D eigenvalue weighted by Gasteiger charge is 2.14. The number of hydrogen-bond donors (Lipinski definition) is 3. The molecule has 0 fully saturated rings. The summed E-state index contributed by atoms with van der Waals surface area (Å²) in [7, 11) is 0. The maximum absolute atomic E-state index is 11.6. The van der Waals surface area contributed by atoms with E-state index in [4.69, 9.17) is 5.11 Å². The SMILES string of the molecule is CCCCCCCCCCCCNC(=O)N[C@H](CO)C(C)C. The first kappa shape index (κ1) is 21.2. The van der Waals surface area contributed by atoms with Crippen LogP contribution in [-0.4, -0.2) is 30.3 Å². The van der Waals surface area contributed by atoms with Crippen molar-refractivity contribution in [3.8, 4) is 0 Å². The summed E-state index contributed by atoms with van der Waals surface area (Å²) in [4.78, 5) is 11.6. The van der Waals surface area contributed by atoms with Gasteiger partial charge in [-0.3, -0.25) is 0 Å². The van der Waals surface area contributed by atoms with Gasteiger partial charge in [-0.15, -0.1) is 0 Å². The van der Waals surface area contributed by atoms with E-state index in [-0.39, 0.29) is 24.6 Å². The second kappa shape index (κ2) is 15.1. The Morgan fingerprint density at radius 2 is 1.41 bits per heavy atom. The van der Waals surface area contributed by atoms with Crippen LogP contribution >= 0.6 is 0 Å². The molecule has 0 rings (SSSR count). The average Bonchev–Trinajstić information content (AvgIpc) is 2.50. The smallest absolute Gasteiger partial charge is 0.315 e. The van der Waals surface area contributed by atoms with Crippen molar-refractivity contribution in [2.24, 2.45) is 5.92 Å². The number of rotatable bonds is 14. The number of amides is 2. The van der Waals surface area contributed by atoms with Crippen molar-refractivity contribution < 1.29 is 9.90 Å². The number of hydrogen-bond acceptors (Lipinski definition) is 2. The highest BCUT2D eigenvalue weighted by atomic mass is 16.3. The van der Waals surface area contributed by atoms with Crippen LogP contribution in [-0.2, 0) is 0 Å². The Labute approximate surface area is 137 Å². The van der Waals surface area contributed by atoms with E-state index in [1.807, 2.05) is 13.8 Å². The third-order valence-corrected chi connectivity index (χ3v) is 4.13. The molecule has 4 nitrogen and oxygen atoms in total. The topological polar surface area (TPSA) is 61.4 Å². The van der Waals surface area contributed by atoms with Gasteiger partial charge in [0.15, 0.2) is 0 Å². The number of unbranched alkanes of at least 4 members (excludes halogenated alkanes) is 9. The summed E-state index contributed by atoms with van der Waals surface area (Å²) >= 11 is 0. The monoisotopic (exact) mass is 314 g/mol. The van der Waals surface area contributed by atoms with Crippen molar-refractivity contribution in [1.29, 1.82) is 0 Å². The van der Waals surface area contributed by atoms with Crippen LogP contribution in [0.25, 0.3) is 0 Å². The molecule has 2 amide bonds. The molecule has 0 heterocycles. The Morgan fingerprint density at radius 3 is 1.86 bits per heavy atom. The third kappa shape index (κ3) is 12.9. The van der Waals surface area contributed by atoms with Gasteiger partial charge in [-0.05, 0) is 12.3 Å². The van der Waals surface area contributed by atoms with Crippen molar-refractivity contribution in [2.45, 2.75) is 91.0 Å². The van der Waals surface area contributed by atoms with Gasteiger partial charge < -0.3 is 15.7 Å². The summed E-state index contributed by atoms with van der Waals surface area (Å²) in [6, 6.07) is -0.323. The van der Waals surface area contributed by atoms with Gasteiger partial charge >= 0.3 is 6.03 Å². The maximum atomic E-state index is 11.6. The minimum atomic E-state index is -0.163. The molecule has 1 atom stereocenters. The molecule has 0 aromatic heterocycles. The van der Waals surface area contributed by atoms with Crippen LogP contribution in [0.5, 0.6) is 0 Å². The number of aliphatic hydroxyl groups is 1. The van der Waals surface area contributed by atoms with Crippen molar-refractivity contribution in [3.05, 3.63) is 0 Å². The van der Waals surface area contributed by atoms with Crippen LogP contribution in [0.15, 0.2) is 0 Å². The van der Waals surface area contributed by atoms with Gasteiger partial charge in [-0.1, -0.05) is 78.6 Å². The van der Waals surface area contributed by atoms with E-state index in [9.17, 15) is 4.79 Å². The van der Waals surface area contributed by atoms with Crippen LogP contribution in [0.2, 0.25) is 0 Å². The normalized spacial score (nSPS) is 12.4. The summed E-state index contributed by atoms with van der Waals surface area (Å²) < 4.78 is 0. The number of aliphatic hydroxyl groups excluding tert-OH is 1. The molecule has 0 saturated carbocycles. The minimum absolute atomic E-state index is 0.0106. The first-order valence-corrected chi connectivity index (χ1v) is 9.27. The Morgan fingerprint density at radius 1 is 0.909 bits per heavy atom. The molecular weight excluding hydrogens is 276 g/mol. The molecule has 0 aliphatic rings. The molecule has 0 bridgehead atoms. The largest absolute Gasteiger partial charge is 0.394 e. The van der Waals surface area contributed by atoms with Crippen LogP contribution in [0.3, 0.4) is 0 Å². The van der Waals surface area contributed by atoms with Crippen molar-refractivity contribution in [1.82, 2.24) is 10.6 Å². The van der Waals surface area contributed by atoms with Gasteiger partial charge in [0.2, 0.25) is 0 Å². The van der Waals surface area contributed by atoms with E-state index < -0.39 is 0 Å². The lowest BCUT2D eigenvalue weighted by Gasteiger charge is -2.20. The second-order valence-electron chi connectivity index (χ2n) is 6.62. The Hall–Kier alpha value is -0.770. The summed E-state index contributed by atoms with van der Waals surface area (Å²) in [6.07, 6.45) is 13.0. The highest BCUT2D eigenvalue weighted by Crippen LogP contribution is 2.10. The summed E-state index contributed by atoms with van der Waals surface area (Å²) in [5, 5.41) is 14.8. The summed E-state index contributed by atoms with van der Waals surface area (Å²) in [5.74, 6) is 0.244. The molecule has 0 aliphatic carbocycles. The zero-order valence-electron chi connectivity index (χ0n) is 15.0. The first-order chi connectivity index (χ1) is 10.6. The van der Waals surface area contributed by atoms with Crippen LogP contribution in [0, 0.1) is 5.92 Å². The zero-order valence-corrected chi connectivity index (χ0v) is 15.0. The zero-order chi connectivity index (χ0) is 16.6. The summed E-state index contributed by atoms with van der Waals surface area (Å²) in [5.41, 5.74) is 0. The minimum Gasteiger partial charge on any atom is -0.394 e. The van der Waals surface area contributed by atoms with Gasteiger partial charge in [0, 0.05) is 6.54 Å². The van der Waals surface area contributed by atoms with E-state index in [1.165, 1.54) is 57.8 Å². The van der Waals surface area contributed by atoms with Gasteiger partial charge in [0.05, 0.1) is 12.6 Å². The fraction of sp³-hybridized carbons (Fsp3) is 0.944. The third-order valence-electron chi connectivity index (χ3n) is 4.13. The van der Waals surface area contributed by atoms with Gasteiger partial charge in [-0.2, -0.15) is 0 Å². The number of carbonyl (C=O) groups excluding carboxylic acids is 1. The van der Waals surface area contributed by atoms with Crippen LogP contribution < -0.4 is 10.6 Å². The van der Waals surface area contributed by atoms with Crippen molar-refractivity contribution in [3.63, 3.8) is 0 Å². The number of nitrogens with one attached hydrogen (secondary N) is 2. The Kier molecular flexibility index (Phi) is 14.6. The van der Waals surface area contributed by atoms with Gasteiger partial charge in [0.25, 0.3) is 0 Å². The fourth-order valence-corrected chi connectivity index (χ4v) is 2.46. The molecular formula is C18H38N2O2. The van der Waals surface area contributed by atoms with E-state index in [1.54, 1.807) is 0 Å². The molecule has 3 N–H and O–H groups in total. The predicted molar refractivity (Wildman–Crippen MR) is 94.1 cm³/mol. The van der Waals surface area contributed by atoms with E-state index >= 15 is 0 Å². The summed E-state index contributed by atoms with van der Waals surface area (Å²) in [6.45, 7) is 6.94. The molecule has 0 aromatic rings. The second-order valence-corrected chi connectivity index (χ2v) is 6.62. The predicted octanol–water partition coefficient (Wildman–Crippen LogP) is 4.22. The van der Waals surface area contributed by atoms with Crippen molar-refractivity contribution in [2.75, 3.05) is 13.2 Å². The van der Waals surface area contributed by atoms with Crippen LogP contribution in [0.1, 0.15) is 85.0 Å². The van der Waals surface area contributed by atoms with Crippen molar-refractivity contribution >= 4 is 6.03 Å². The van der Waals surface area contributed by atoms with E-state index in [2.05, 4.69) is 17.6 Å². The molecule has 0 radical (unpaired) electrons. The number of urea groups is 1. The Balaban J connectivity index is 3.33. The first-order valence-electron chi connectivity index (χ1n) is 9.27. The molecule has 4 heteroatoms. The molecule has 0 saturated heterocycles. The standard InChI is InChI=1S/C18H38N2O2/c1-4-5-6-7-8-9-10-11-12-13-14-19-18(22)20-17(15-21)16(2)3/h16-17,21H,4-15H2,1-3H3,(H2,19,20,22)/t17-/m1/s1. The molecule has 0 aliphatic heterocycles. The lowest BCUT2D eigenvalue weighted by atomic mass is 10.1. The van der Waals surface area contributed by atoms with E-state index in [0.717, 1.165) is 13.0 Å². The quantitative estimate of drug-likeness (QED) is 0.420. The molecule has 22 heavy (non-hydrogen) atoms. The lowest BCUT2D eigenvalue weighted by molar-refractivity contribution is 0.198. The maximum Gasteiger partial charge on any atom is 0.315 e. The molecule has 0 unspecified atom stereocenters. The Bertz CT molecular complexity index is 257. The highest BCUT2D eigenvalue weighted by molar-refractivity contribution is 5.74. The molecule has 0 spiro atoms. The molecule has 132 valence electrons. The lowest BCUT2D eigenvalue weighted by Crippen LogP contribution is -2.46. The molecule has 0 aromatic carbocycles. The fourth-order valence-electron chi connectivity index (χ4n) is 2.46. The van der Waals surface area contributed by atoms with Gasteiger partial charge in [0.1, 0.15) is 0 Å². The van der Waals surface area contributed by atoms with Gasteiger partial charge in [-0.25, -0.2) is 4.79 Å².